The molecule has 2 fully saturated rings. The topological polar surface area (TPSA) is 41.6 Å². The van der Waals surface area contributed by atoms with Crippen molar-refractivity contribution in [2.24, 2.45) is 0 Å². The van der Waals surface area contributed by atoms with Gasteiger partial charge >= 0.3 is 0 Å². The van der Waals surface area contributed by atoms with Gasteiger partial charge in [-0.3, -0.25) is 10.1 Å². The zero-order valence-corrected chi connectivity index (χ0v) is 10.3. The first-order valence-corrected chi connectivity index (χ1v) is 6.40. The standard InChI is InChI=1S/C12H22N2O2/c1-3-5-10-13-12(6-7-12)11(15)14(10)8-9-16-4-2/h10,13H,3-9H2,1-2H3. The fourth-order valence-electron chi connectivity index (χ4n) is 2.42. The second-order valence-corrected chi connectivity index (χ2v) is 4.73. The monoisotopic (exact) mass is 226 g/mol. The Hall–Kier alpha value is -0.610. The van der Waals surface area contributed by atoms with Crippen molar-refractivity contribution in [3.8, 4) is 0 Å². The minimum atomic E-state index is -0.175. The van der Waals surface area contributed by atoms with Crippen LogP contribution in [0.3, 0.4) is 0 Å². The Morgan fingerprint density at radius 3 is 2.81 bits per heavy atom. The maximum atomic E-state index is 12.2. The number of nitrogens with one attached hydrogen (secondary N) is 1. The van der Waals surface area contributed by atoms with Gasteiger partial charge in [0.2, 0.25) is 5.91 Å². The minimum Gasteiger partial charge on any atom is -0.380 e. The molecule has 16 heavy (non-hydrogen) atoms. The summed E-state index contributed by atoms with van der Waals surface area (Å²) in [4.78, 5) is 14.2. The van der Waals surface area contributed by atoms with Gasteiger partial charge in [-0.1, -0.05) is 13.3 Å². The number of hydrogen-bond acceptors (Lipinski definition) is 3. The maximum absolute atomic E-state index is 12.2. The van der Waals surface area contributed by atoms with E-state index in [0.29, 0.717) is 12.5 Å². The van der Waals surface area contributed by atoms with Crippen LogP contribution in [0.2, 0.25) is 0 Å². The van der Waals surface area contributed by atoms with Crippen molar-refractivity contribution in [3.63, 3.8) is 0 Å². The summed E-state index contributed by atoms with van der Waals surface area (Å²) in [6, 6.07) is 0. The van der Waals surface area contributed by atoms with Gasteiger partial charge in [-0.2, -0.15) is 0 Å². The molecular weight excluding hydrogens is 204 g/mol. The highest BCUT2D eigenvalue weighted by Gasteiger charge is 2.58. The fraction of sp³-hybridized carbons (Fsp3) is 0.917. The third-order valence-corrected chi connectivity index (χ3v) is 3.48. The van der Waals surface area contributed by atoms with Gasteiger partial charge in [0, 0.05) is 13.2 Å². The van der Waals surface area contributed by atoms with Crippen molar-refractivity contribution < 1.29 is 9.53 Å². The van der Waals surface area contributed by atoms with E-state index in [1.165, 1.54) is 0 Å². The largest absolute Gasteiger partial charge is 0.380 e. The summed E-state index contributed by atoms with van der Waals surface area (Å²) in [5.74, 6) is 0.297. The van der Waals surface area contributed by atoms with Gasteiger partial charge in [0.15, 0.2) is 0 Å². The van der Waals surface area contributed by atoms with E-state index in [2.05, 4.69) is 12.2 Å². The van der Waals surface area contributed by atoms with Crippen molar-refractivity contribution in [2.75, 3.05) is 19.8 Å². The first-order chi connectivity index (χ1) is 7.73. The molecule has 0 aromatic rings. The Morgan fingerprint density at radius 1 is 1.50 bits per heavy atom. The normalized spacial score (nSPS) is 26.8. The summed E-state index contributed by atoms with van der Waals surface area (Å²) in [6.45, 7) is 6.24. The van der Waals surface area contributed by atoms with E-state index < -0.39 is 0 Å². The van der Waals surface area contributed by atoms with Crippen LogP contribution in [0.25, 0.3) is 0 Å². The molecule has 1 N–H and O–H groups in total. The number of ether oxygens (including phenoxy) is 1. The highest BCUT2D eigenvalue weighted by Crippen LogP contribution is 2.42. The molecule has 1 heterocycles. The van der Waals surface area contributed by atoms with Crippen molar-refractivity contribution in [1.29, 1.82) is 0 Å². The van der Waals surface area contributed by atoms with Crippen LogP contribution < -0.4 is 5.32 Å². The molecule has 1 saturated carbocycles. The molecule has 1 unspecified atom stereocenters. The maximum Gasteiger partial charge on any atom is 0.244 e. The fourth-order valence-corrected chi connectivity index (χ4v) is 2.42. The van der Waals surface area contributed by atoms with E-state index in [0.717, 1.165) is 38.8 Å². The van der Waals surface area contributed by atoms with Crippen LogP contribution in [-0.4, -0.2) is 42.3 Å². The van der Waals surface area contributed by atoms with E-state index in [1.54, 1.807) is 0 Å². The molecule has 2 aliphatic rings. The smallest absolute Gasteiger partial charge is 0.244 e. The first-order valence-electron chi connectivity index (χ1n) is 6.40. The summed E-state index contributed by atoms with van der Waals surface area (Å²) < 4.78 is 5.34. The number of carbonyl (C=O) groups excluding carboxylic acids is 1. The lowest BCUT2D eigenvalue weighted by atomic mass is 10.2. The number of rotatable bonds is 6. The first kappa shape index (κ1) is 11.9. The van der Waals surface area contributed by atoms with Crippen LogP contribution in [0.4, 0.5) is 0 Å². The van der Waals surface area contributed by atoms with Gasteiger partial charge < -0.3 is 9.64 Å². The average Bonchev–Trinajstić information content (AvgIpc) is 2.99. The molecule has 1 spiro atoms. The van der Waals surface area contributed by atoms with Gasteiger partial charge in [0.25, 0.3) is 0 Å². The van der Waals surface area contributed by atoms with Gasteiger partial charge in [-0.25, -0.2) is 0 Å². The molecule has 4 nitrogen and oxygen atoms in total. The third-order valence-electron chi connectivity index (χ3n) is 3.48. The quantitative estimate of drug-likeness (QED) is 0.690. The highest BCUT2D eigenvalue weighted by atomic mass is 16.5. The van der Waals surface area contributed by atoms with E-state index in [4.69, 9.17) is 4.74 Å². The Bertz CT molecular complexity index is 264. The molecule has 1 amide bonds. The number of nitrogens with zero attached hydrogens (tertiary/aromatic N) is 1. The van der Waals surface area contributed by atoms with Crippen LogP contribution in [0.15, 0.2) is 0 Å². The van der Waals surface area contributed by atoms with Crippen LogP contribution in [0.5, 0.6) is 0 Å². The van der Waals surface area contributed by atoms with Gasteiger partial charge in [0.05, 0.1) is 18.3 Å². The van der Waals surface area contributed by atoms with Crippen molar-refractivity contribution >= 4 is 5.91 Å². The van der Waals surface area contributed by atoms with Gasteiger partial charge in [-0.05, 0) is 26.2 Å². The van der Waals surface area contributed by atoms with E-state index in [-0.39, 0.29) is 11.7 Å². The van der Waals surface area contributed by atoms with Gasteiger partial charge in [-0.15, -0.1) is 0 Å². The molecule has 0 radical (unpaired) electrons. The molecule has 1 saturated heterocycles. The molecule has 2 rings (SSSR count). The van der Waals surface area contributed by atoms with E-state index in [1.807, 2.05) is 11.8 Å². The predicted octanol–water partition coefficient (Wildman–Crippen LogP) is 1.11. The second kappa shape index (κ2) is 4.72. The second-order valence-electron chi connectivity index (χ2n) is 4.73. The molecule has 1 aliphatic heterocycles. The van der Waals surface area contributed by atoms with Crippen LogP contribution >= 0.6 is 0 Å². The molecule has 92 valence electrons. The summed E-state index contributed by atoms with van der Waals surface area (Å²) in [7, 11) is 0. The molecule has 0 aromatic heterocycles. The Balaban J connectivity index is 1.93. The summed E-state index contributed by atoms with van der Waals surface area (Å²) in [6.07, 6.45) is 4.40. The summed E-state index contributed by atoms with van der Waals surface area (Å²) in [5, 5.41) is 3.49. The van der Waals surface area contributed by atoms with Crippen LogP contribution in [0, 0.1) is 0 Å². The highest BCUT2D eigenvalue weighted by molar-refractivity contribution is 5.91. The lowest BCUT2D eigenvalue weighted by Gasteiger charge is -2.23. The van der Waals surface area contributed by atoms with Crippen molar-refractivity contribution in [2.45, 2.75) is 51.2 Å². The lowest BCUT2D eigenvalue weighted by Crippen LogP contribution is -2.39. The van der Waals surface area contributed by atoms with Crippen LogP contribution in [0.1, 0.15) is 39.5 Å². The number of hydrogen-bond donors (Lipinski definition) is 1. The third kappa shape index (κ3) is 2.09. The molecule has 1 atom stereocenters. The Kier molecular flexibility index (Phi) is 3.50. The Morgan fingerprint density at radius 2 is 2.25 bits per heavy atom. The van der Waals surface area contributed by atoms with Crippen LogP contribution in [-0.2, 0) is 9.53 Å². The molecular formula is C12H22N2O2. The summed E-state index contributed by atoms with van der Waals surface area (Å²) in [5.41, 5.74) is -0.175. The van der Waals surface area contributed by atoms with E-state index in [9.17, 15) is 4.79 Å². The minimum absolute atomic E-state index is 0.175. The molecule has 1 aliphatic carbocycles. The zero-order valence-electron chi connectivity index (χ0n) is 10.3. The number of carbonyl (C=O) groups is 1. The predicted molar refractivity (Wildman–Crippen MR) is 62.0 cm³/mol. The SMILES string of the molecule is CCCC1NC2(CC2)C(=O)N1CCOCC. The lowest BCUT2D eigenvalue weighted by molar-refractivity contribution is -0.131. The van der Waals surface area contributed by atoms with E-state index >= 15 is 0 Å². The summed E-state index contributed by atoms with van der Waals surface area (Å²) >= 11 is 0. The van der Waals surface area contributed by atoms with Crippen molar-refractivity contribution in [1.82, 2.24) is 10.2 Å². The average molecular weight is 226 g/mol. The van der Waals surface area contributed by atoms with Gasteiger partial charge in [0.1, 0.15) is 0 Å². The molecule has 4 heteroatoms. The zero-order chi connectivity index (χ0) is 11.6. The molecule has 0 aromatic carbocycles. The molecule has 0 bridgehead atoms. The van der Waals surface area contributed by atoms with Crippen molar-refractivity contribution in [3.05, 3.63) is 0 Å². The number of amides is 1. The Labute approximate surface area is 97.3 Å².